The molecule has 0 aromatic heterocycles. The van der Waals surface area contributed by atoms with E-state index in [-0.39, 0.29) is 11.2 Å². The summed E-state index contributed by atoms with van der Waals surface area (Å²) in [7, 11) is 1.64. The molecule has 21 heavy (non-hydrogen) atoms. The molecule has 2 rings (SSSR count). The summed E-state index contributed by atoms with van der Waals surface area (Å²) in [5.41, 5.74) is 2.79. The fourth-order valence-corrected chi connectivity index (χ4v) is 2.14. The highest BCUT2D eigenvalue weighted by atomic mass is 19.1. The molecule has 0 bridgehead atoms. The third kappa shape index (κ3) is 3.75. The average Bonchev–Trinajstić information content (AvgIpc) is 2.45. The molecule has 0 saturated carbocycles. The number of benzene rings is 2. The SMILES string of the molecule is COc1ccc(C(C)(C)C)cc1NCc1ccccc1F. The predicted octanol–water partition coefficient (Wildman–Crippen LogP) is 4.74. The van der Waals surface area contributed by atoms with Crippen LogP contribution in [0.25, 0.3) is 0 Å². The van der Waals surface area contributed by atoms with E-state index in [2.05, 4.69) is 38.2 Å². The zero-order chi connectivity index (χ0) is 15.5. The molecule has 0 saturated heterocycles. The second-order valence-corrected chi connectivity index (χ2v) is 6.11. The van der Waals surface area contributed by atoms with Gasteiger partial charge in [0.05, 0.1) is 12.8 Å². The fraction of sp³-hybridized carbons (Fsp3) is 0.333. The molecule has 0 fully saturated rings. The van der Waals surface area contributed by atoms with Gasteiger partial charge in [-0.05, 0) is 29.2 Å². The Kier molecular flexibility index (Phi) is 4.51. The van der Waals surface area contributed by atoms with Gasteiger partial charge in [-0.3, -0.25) is 0 Å². The molecular weight excluding hydrogens is 265 g/mol. The van der Waals surface area contributed by atoms with Crippen molar-refractivity contribution in [3.8, 4) is 5.75 Å². The second-order valence-electron chi connectivity index (χ2n) is 6.11. The molecule has 2 nitrogen and oxygen atoms in total. The molecule has 0 aliphatic heterocycles. The first-order chi connectivity index (χ1) is 9.91. The second kappa shape index (κ2) is 6.17. The summed E-state index contributed by atoms with van der Waals surface area (Å²) in [4.78, 5) is 0. The van der Waals surface area contributed by atoms with Gasteiger partial charge in [0.2, 0.25) is 0 Å². The number of nitrogens with one attached hydrogen (secondary N) is 1. The van der Waals surface area contributed by atoms with Crippen LogP contribution in [0, 0.1) is 5.82 Å². The molecule has 0 radical (unpaired) electrons. The molecule has 0 heterocycles. The van der Waals surface area contributed by atoms with E-state index in [1.54, 1.807) is 19.2 Å². The zero-order valence-electron chi connectivity index (χ0n) is 13.0. The number of rotatable bonds is 4. The van der Waals surface area contributed by atoms with Crippen molar-refractivity contribution in [2.45, 2.75) is 32.7 Å². The van der Waals surface area contributed by atoms with E-state index in [1.165, 1.54) is 11.6 Å². The Morgan fingerprint density at radius 1 is 1.10 bits per heavy atom. The molecule has 112 valence electrons. The van der Waals surface area contributed by atoms with E-state index in [4.69, 9.17) is 4.74 Å². The van der Waals surface area contributed by atoms with Crippen molar-refractivity contribution in [3.05, 3.63) is 59.4 Å². The minimum atomic E-state index is -0.198. The van der Waals surface area contributed by atoms with Crippen LogP contribution in [0.15, 0.2) is 42.5 Å². The highest BCUT2D eigenvalue weighted by Crippen LogP contribution is 2.31. The molecule has 0 unspecified atom stereocenters. The van der Waals surface area contributed by atoms with Crippen LogP contribution in [0.5, 0.6) is 5.75 Å². The third-order valence-corrected chi connectivity index (χ3v) is 3.49. The maximum Gasteiger partial charge on any atom is 0.141 e. The van der Waals surface area contributed by atoms with Gasteiger partial charge in [-0.1, -0.05) is 45.0 Å². The maximum atomic E-state index is 13.7. The van der Waals surface area contributed by atoms with Crippen molar-refractivity contribution in [1.82, 2.24) is 0 Å². The van der Waals surface area contributed by atoms with Crippen molar-refractivity contribution in [2.24, 2.45) is 0 Å². The van der Waals surface area contributed by atoms with Gasteiger partial charge in [0.15, 0.2) is 0 Å². The molecule has 0 atom stereocenters. The summed E-state index contributed by atoms with van der Waals surface area (Å²) in [6.07, 6.45) is 0. The minimum Gasteiger partial charge on any atom is -0.495 e. The van der Waals surface area contributed by atoms with Crippen LogP contribution >= 0.6 is 0 Å². The Morgan fingerprint density at radius 2 is 1.81 bits per heavy atom. The highest BCUT2D eigenvalue weighted by Gasteiger charge is 2.16. The fourth-order valence-electron chi connectivity index (χ4n) is 2.14. The van der Waals surface area contributed by atoms with Crippen molar-refractivity contribution in [3.63, 3.8) is 0 Å². The van der Waals surface area contributed by atoms with Gasteiger partial charge in [0, 0.05) is 12.1 Å². The predicted molar refractivity (Wildman–Crippen MR) is 85.4 cm³/mol. The molecule has 2 aromatic rings. The molecule has 0 spiro atoms. The van der Waals surface area contributed by atoms with Gasteiger partial charge in [0.1, 0.15) is 11.6 Å². The third-order valence-electron chi connectivity index (χ3n) is 3.49. The number of anilines is 1. The first-order valence-electron chi connectivity index (χ1n) is 7.07. The zero-order valence-corrected chi connectivity index (χ0v) is 13.0. The van der Waals surface area contributed by atoms with E-state index in [9.17, 15) is 4.39 Å². The smallest absolute Gasteiger partial charge is 0.141 e. The lowest BCUT2D eigenvalue weighted by molar-refractivity contribution is 0.416. The van der Waals surface area contributed by atoms with Crippen LogP contribution in [0.3, 0.4) is 0 Å². The monoisotopic (exact) mass is 287 g/mol. The van der Waals surface area contributed by atoms with Gasteiger partial charge in [-0.2, -0.15) is 0 Å². The van der Waals surface area contributed by atoms with Gasteiger partial charge in [0.25, 0.3) is 0 Å². The number of ether oxygens (including phenoxy) is 1. The van der Waals surface area contributed by atoms with Gasteiger partial charge in [-0.25, -0.2) is 4.39 Å². The van der Waals surface area contributed by atoms with Crippen molar-refractivity contribution < 1.29 is 9.13 Å². The van der Waals surface area contributed by atoms with Crippen molar-refractivity contribution in [2.75, 3.05) is 12.4 Å². The first-order valence-corrected chi connectivity index (χ1v) is 7.07. The molecule has 0 aliphatic carbocycles. The summed E-state index contributed by atoms with van der Waals surface area (Å²) in [6, 6.07) is 12.9. The molecule has 3 heteroatoms. The molecule has 0 aliphatic rings. The van der Waals surface area contributed by atoms with Gasteiger partial charge >= 0.3 is 0 Å². The average molecular weight is 287 g/mol. The van der Waals surface area contributed by atoms with E-state index in [0.29, 0.717) is 12.1 Å². The van der Waals surface area contributed by atoms with Crippen molar-refractivity contribution >= 4 is 5.69 Å². The van der Waals surface area contributed by atoms with Crippen LogP contribution < -0.4 is 10.1 Å². The lowest BCUT2D eigenvalue weighted by Gasteiger charge is -2.21. The number of hydrogen-bond donors (Lipinski definition) is 1. The Labute approximate surface area is 126 Å². The normalized spacial score (nSPS) is 11.3. The number of halogens is 1. The van der Waals surface area contributed by atoms with Crippen LogP contribution in [-0.4, -0.2) is 7.11 Å². The Hall–Kier alpha value is -2.03. The lowest BCUT2D eigenvalue weighted by Crippen LogP contribution is -2.12. The van der Waals surface area contributed by atoms with Crippen LogP contribution in [0.2, 0.25) is 0 Å². The van der Waals surface area contributed by atoms with Crippen LogP contribution in [-0.2, 0) is 12.0 Å². The summed E-state index contributed by atoms with van der Waals surface area (Å²) in [5, 5.41) is 3.27. The Morgan fingerprint density at radius 3 is 2.43 bits per heavy atom. The van der Waals surface area contributed by atoms with E-state index < -0.39 is 0 Å². The topological polar surface area (TPSA) is 21.3 Å². The minimum absolute atomic E-state index is 0.0562. The number of methoxy groups -OCH3 is 1. The molecule has 1 N–H and O–H groups in total. The molecular formula is C18H22FNO. The standard InChI is InChI=1S/C18H22FNO/c1-18(2,3)14-9-10-17(21-4)16(11-14)20-12-13-7-5-6-8-15(13)19/h5-11,20H,12H2,1-4H3. The van der Waals surface area contributed by atoms with E-state index >= 15 is 0 Å². The van der Waals surface area contributed by atoms with E-state index in [1.807, 2.05) is 12.1 Å². The molecule has 0 amide bonds. The quantitative estimate of drug-likeness (QED) is 0.876. The largest absolute Gasteiger partial charge is 0.495 e. The van der Waals surface area contributed by atoms with Crippen molar-refractivity contribution in [1.29, 1.82) is 0 Å². The van der Waals surface area contributed by atoms with Gasteiger partial charge < -0.3 is 10.1 Å². The summed E-state index contributed by atoms with van der Waals surface area (Å²) in [6.45, 7) is 6.91. The van der Waals surface area contributed by atoms with Crippen LogP contribution in [0.1, 0.15) is 31.9 Å². The first kappa shape index (κ1) is 15.4. The Balaban J connectivity index is 2.24. The van der Waals surface area contributed by atoms with Gasteiger partial charge in [-0.15, -0.1) is 0 Å². The summed E-state index contributed by atoms with van der Waals surface area (Å²) >= 11 is 0. The highest BCUT2D eigenvalue weighted by molar-refractivity contribution is 5.59. The number of hydrogen-bond acceptors (Lipinski definition) is 2. The Bertz CT molecular complexity index is 617. The summed E-state index contributed by atoms with van der Waals surface area (Å²) in [5.74, 6) is 0.565. The maximum absolute atomic E-state index is 13.7. The van der Waals surface area contributed by atoms with E-state index in [0.717, 1.165) is 11.4 Å². The summed E-state index contributed by atoms with van der Waals surface area (Å²) < 4.78 is 19.0. The lowest BCUT2D eigenvalue weighted by atomic mass is 9.87. The van der Waals surface area contributed by atoms with Crippen LogP contribution in [0.4, 0.5) is 10.1 Å². The molecule has 2 aromatic carbocycles.